The van der Waals surface area contributed by atoms with E-state index in [1.54, 1.807) is 32.7 Å². The highest BCUT2D eigenvalue weighted by Gasteiger charge is 2.52. The smallest absolute Gasteiger partial charge is 0.407 e. The lowest BCUT2D eigenvalue weighted by Gasteiger charge is -2.52. The van der Waals surface area contributed by atoms with E-state index in [2.05, 4.69) is 26.2 Å². The molecule has 2 aliphatic heterocycles. The summed E-state index contributed by atoms with van der Waals surface area (Å²) in [6, 6.07) is 8.22. The van der Waals surface area contributed by atoms with E-state index in [1.807, 2.05) is 37.6 Å². The molecule has 6 heterocycles. The van der Waals surface area contributed by atoms with Gasteiger partial charge in [-0.3, -0.25) is 9.58 Å². The molecule has 1 N–H and O–H groups in total. The van der Waals surface area contributed by atoms with Crippen LogP contribution >= 0.6 is 0 Å². The number of fused-ring (bicyclic) bond motifs is 1. The minimum absolute atomic E-state index is 0.282. The summed E-state index contributed by atoms with van der Waals surface area (Å²) in [5.74, 6) is 0.820. The van der Waals surface area contributed by atoms with Crippen LogP contribution in [0.5, 0.6) is 0 Å². The van der Waals surface area contributed by atoms with Gasteiger partial charge < -0.3 is 10.0 Å². The summed E-state index contributed by atoms with van der Waals surface area (Å²) in [6.07, 6.45) is 9.96. The first-order valence-electron chi connectivity index (χ1n) is 11.1. The van der Waals surface area contributed by atoms with Gasteiger partial charge in [-0.15, -0.1) is 0 Å². The molecule has 6 rings (SSSR count). The molecule has 0 saturated carbocycles. The zero-order valence-corrected chi connectivity index (χ0v) is 18.6. The third kappa shape index (κ3) is 3.01. The van der Waals surface area contributed by atoms with E-state index in [0.717, 1.165) is 46.4 Å². The van der Waals surface area contributed by atoms with Crippen molar-refractivity contribution in [1.82, 2.24) is 29.3 Å². The Hall–Kier alpha value is -4.39. The zero-order chi connectivity index (χ0) is 23.4. The van der Waals surface area contributed by atoms with Gasteiger partial charge in [0.05, 0.1) is 29.0 Å². The molecule has 0 unspecified atom stereocenters. The number of likely N-dealkylation sites (tertiary alicyclic amines) is 1. The fourth-order valence-corrected chi connectivity index (χ4v) is 5.28. The van der Waals surface area contributed by atoms with Crippen LogP contribution < -0.4 is 4.90 Å². The zero-order valence-electron chi connectivity index (χ0n) is 18.6. The SMILES string of the molecule is Cn1cc(-c2cc(-c3ccc(N4CC5(CCCN5C(=O)O)C4)nc3)c3c(C#N)cnn3c2)cn1. The Labute approximate surface area is 195 Å². The lowest BCUT2D eigenvalue weighted by Crippen LogP contribution is -2.69. The Morgan fingerprint density at radius 1 is 1.12 bits per heavy atom. The van der Waals surface area contributed by atoms with E-state index in [9.17, 15) is 15.2 Å². The Morgan fingerprint density at radius 3 is 2.65 bits per heavy atom. The van der Waals surface area contributed by atoms with Gasteiger partial charge in [-0.25, -0.2) is 14.3 Å². The van der Waals surface area contributed by atoms with Crippen LogP contribution in [-0.4, -0.2) is 65.7 Å². The molecule has 0 atom stereocenters. The average Bonchev–Trinajstić information content (AvgIpc) is 3.55. The Bertz CT molecular complexity index is 1460. The lowest BCUT2D eigenvalue weighted by atomic mass is 9.87. The molecule has 0 aliphatic carbocycles. The van der Waals surface area contributed by atoms with Gasteiger partial charge in [0.1, 0.15) is 11.9 Å². The summed E-state index contributed by atoms with van der Waals surface area (Å²) in [5.41, 5.74) is 4.58. The van der Waals surface area contributed by atoms with Gasteiger partial charge in [-0.2, -0.15) is 15.5 Å². The summed E-state index contributed by atoms with van der Waals surface area (Å²) in [7, 11) is 1.87. The highest BCUT2D eigenvalue weighted by atomic mass is 16.4. The van der Waals surface area contributed by atoms with Gasteiger partial charge in [0.25, 0.3) is 0 Å². The Morgan fingerprint density at radius 2 is 1.97 bits per heavy atom. The number of pyridine rings is 2. The monoisotopic (exact) mass is 454 g/mol. The van der Waals surface area contributed by atoms with Gasteiger partial charge in [-0.1, -0.05) is 0 Å². The van der Waals surface area contributed by atoms with Crippen molar-refractivity contribution in [2.75, 3.05) is 24.5 Å². The predicted molar refractivity (Wildman–Crippen MR) is 124 cm³/mol. The van der Waals surface area contributed by atoms with Crippen molar-refractivity contribution in [3.8, 4) is 28.3 Å². The van der Waals surface area contributed by atoms with Crippen molar-refractivity contribution >= 4 is 17.4 Å². The van der Waals surface area contributed by atoms with Crippen molar-refractivity contribution in [2.45, 2.75) is 18.4 Å². The van der Waals surface area contributed by atoms with Crippen LogP contribution in [0.1, 0.15) is 18.4 Å². The normalized spacial score (nSPS) is 16.7. The van der Waals surface area contributed by atoms with Crippen LogP contribution in [0.15, 0.2) is 49.2 Å². The molecular formula is C24H22N8O2. The highest BCUT2D eigenvalue weighted by Crippen LogP contribution is 2.40. The van der Waals surface area contributed by atoms with Gasteiger partial charge >= 0.3 is 6.09 Å². The quantitative estimate of drug-likeness (QED) is 0.506. The number of nitrogens with zero attached hydrogens (tertiary/aromatic N) is 8. The first kappa shape index (κ1) is 20.2. The number of aryl methyl sites for hydroxylation is 1. The molecule has 0 bridgehead atoms. The van der Waals surface area contributed by atoms with Crippen molar-refractivity contribution in [3.05, 3.63) is 54.7 Å². The molecule has 2 fully saturated rings. The number of aromatic nitrogens is 5. The van der Waals surface area contributed by atoms with Crippen molar-refractivity contribution < 1.29 is 9.90 Å². The fourth-order valence-electron chi connectivity index (χ4n) is 5.28. The molecule has 1 spiro atoms. The maximum atomic E-state index is 11.6. The topological polar surface area (TPSA) is 116 Å². The van der Waals surface area contributed by atoms with Gasteiger partial charge in [0, 0.05) is 67.5 Å². The maximum Gasteiger partial charge on any atom is 0.407 e. The van der Waals surface area contributed by atoms with Crippen LogP contribution in [0.25, 0.3) is 27.8 Å². The molecule has 10 heteroatoms. The number of carbonyl (C=O) groups is 1. The number of carboxylic acid groups (broad SMARTS) is 1. The molecule has 34 heavy (non-hydrogen) atoms. The van der Waals surface area contributed by atoms with E-state index in [1.165, 1.54) is 0 Å². The van der Waals surface area contributed by atoms with Crippen molar-refractivity contribution in [2.24, 2.45) is 7.05 Å². The third-order valence-corrected chi connectivity index (χ3v) is 6.95. The third-order valence-electron chi connectivity index (χ3n) is 6.95. The predicted octanol–water partition coefficient (Wildman–Crippen LogP) is 3.00. The molecule has 2 aliphatic rings. The lowest BCUT2D eigenvalue weighted by molar-refractivity contribution is 0.0846. The van der Waals surface area contributed by atoms with Crippen LogP contribution in [-0.2, 0) is 7.05 Å². The summed E-state index contributed by atoms with van der Waals surface area (Å²) >= 11 is 0. The largest absolute Gasteiger partial charge is 0.465 e. The molecule has 4 aromatic heterocycles. The first-order chi connectivity index (χ1) is 16.5. The van der Waals surface area contributed by atoms with Gasteiger partial charge in [-0.05, 0) is 31.0 Å². The number of anilines is 1. The summed E-state index contributed by atoms with van der Waals surface area (Å²) in [5, 5.41) is 27.8. The number of nitriles is 1. The van der Waals surface area contributed by atoms with E-state index < -0.39 is 6.09 Å². The average molecular weight is 454 g/mol. The number of rotatable bonds is 3. The molecule has 4 aromatic rings. The van der Waals surface area contributed by atoms with E-state index >= 15 is 0 Å². The van der Waals surface area contributed by atoms with E-state index in [4.69, 9.17) is 0 Å². The second-order valence-electron chi connectivity index (χ2n) is 9.03. The minimum atomic E-state index is -0.841. The molecule has 2 saturated heterocycles. The Kier molecular flexibility index (Phi) is 4.35. The molecule has 170 valence electrons. The number of hydrogen-bond donors (Lipinski definition) is 1. The minimum Gasteiger partial charge on any atom is -0.465 e. The molecule has 10 nitrogen and oxygen atoms in total. The molecule has 1 amide bonds. The second-order valence-corrected chi connectivity index (χ2v) is 9.03. The van der Waals surface area contributed by atoms with Crippen LogP contribution in [0.3, 0.4) is 0 Å². The van der Waals surface area contributed by atoms with E-state index in [0.29, 0.717) is 25.2 Å². The van der Waals surface area contributed by atoms with Crippen LogP contribution in [0.2, 0.25) is 0 Å². The molecule has 0 radical (unpaired) electrons. The highest BCUT2D eigenvalue weighted by molar-refractivity contribution is 5.87. The standard InChI is InChI=1S/C24H22N8O2/c1-29-12-19(11-27-29)17-7-20(22-18(8-25)10-28-32(22)13-17)16-3-4-21(26-9-16)30-14-24(15-30)5-2-6-31(24)23(33)34/h3-4,7,9-13H,2,5-6,14-15H2,1H3,(H,33,34). The fraction of sp³-hybridized carbons (Fsp3) is 0.292. The molecule has 0 aromatic carbocycles. The maximum absolute atomic E-state index is 11.6. The first-order valence-corrected chi connectivity index (χ1v) is 11.1. The summed E-state index contributed by atoms with van der Waals surface area (Å²) < 4.78 is 3.47. The van der Waals surface area contributed by atoms with E-state index in [-0.39, 0.29) is 5.54 Å². The number of amides is 1. The van der Waals surface area contributed by atoms with Gasteiger partial charge in [0.15, 0.2) is 0 Å². The summed E-state index contributed by atoms with van der Waals surface area (Å²) in [4.78, 5) is 20.0. The number of hydrogen-bond acceptors (Lipinski definition) is 6. The summed E-state index contributed by atoms with van der Waals surface area (Å²) in [6.45, 7) is 1.92. The second kappa shape index (κ2) is 7.31. The van der Waals surface area contributed by atoms with Crippen molar-refractivity contribution in [1.29, 1.82) is 5.26 Å². The van der Waals surface area contributed by atoms with Crippen molar-refractivity contribution in [3.63, 3.8) is 0 Å². The molecular weight excluding hydrogens is 432 g/mol. The van der Waals surface area contributed by atoms with Gasteiger partial charge in [0.2, 0.25) is 0 Å². The van der Waals surface area contributed by atoms with Crippen LogP contribution in [0.4, 0.5) is 10.6 Å². The van der Waals surface area contributed by atoms with Crippen LogP contribution in [0, 0.1) is 11.3 Å². The Balaban J connectivity index is 1.34.